The zero-order chi connectivity index (χ0) is 13.5. The highest BCUT2D eigenvalue weighted by Crippen LogP contribution is 2.30. The van der Waals surface area contributed by atoms with Crippen LogP contribution in [0.25, 0.3) is 0 Å². The molecule has 0 aromatic rings. The van der Waals surface area contributed by atoms with E-state index in [1.54, 1.807) is 0 Å². The summed E-state index contributed by atoms with van der Waals surface area (Å²) in [6.07, 6.45) is 2.57. The number of carbonyl (C=O) groups is 1. The molecule has 0 bridgehead atoms. The summed E-state index contributed by atoms with van der Waals surface area (Å²) < 4.78 is 0. The van der Waals surface area contributed by atoms with Crippen LogP contribution in [-0.2, 0) is 4.79 Å². The van der Waals surface area contributed by atoms with Crippen LogP contribution in [0.4, 0.5) is 0 Å². The lowest BCUT2D eigenvalue weighted by molar-refractivity contribution is -0.121. The third-order valence-corrected chi connectivity index (χ3v) is 3.62. The van der Waals surface area contributed by atoms with Crippen LogP contribution in [0.1, 0.15) is 32.6 Å². The minimum Gasteiger partial charge on any atom is -0.396 e. The zero-order valence-corrected chi connectivity index (χ0v) is 10.9. The van der Waals surface area contributed by atoms with Crippen molar-refractivity contribution < 1.29 is 15.0 Å². The standard InChI is InChI=1S/C11H24BN3O3/c1-7(17)14-11(10(18)5-6-16)8-3-2-4-9(8)15-12-13/h8-12,15-16,18H,2-6,13H2,1H3,(H,14,17)/t8?,9-,10+,11+/m1/s1. The number of hydrogen-bond donors (Lipinski definition) is 5. The number of rotatable bonds is 7. The number of aliphatic hydroxyl groups is 2. The first-order chi connectivity index (χ1) is 8.60. The van der Waals surface area contributed by atoms with Gasteiger partial charge in [0.25, 0.3) is 7.55 Å². The molecule has 7 heteroatoms. The lowest BCUT2D eigenvalue weighted by Gasteiger charge is -2.33. The van der Waals surface area contributed by atoms with Gasteiger partial charge in [0.15, 0.2) is 0 Å². The van der Waals surface area contributed by atoms with Crippen molar-refractivity contribution in [2.24, 2.45) is 11.6 Å². The van der Waals surface area contributed by atoms with Crippen molar-refractivity contribution in [2.45, 2.75) is 50.8 Å². The molecule has 6 N–H and O–H groups in total. The molecule has 0 spiro atoms. The van der Waals surface area contributed by atoms with Crippen molar-refractivity contribution in [2.75, 3.05) is 6.61 Å². The van der Waals surface area contributed by atoms with Gasteiger partial charge in [-0.05, 0) is 25.2 Å². The van der Waals surface area contributed by atoms with Gasteiger partial charge in [-0.15, -0.1) is 0 Å². The first-order valence-corrected chi connectivity index (χ1v) is 6.59. The fourth-order valence-corrected chi connectivity index (χ4v) is 2.86. The Labute approximate surface area is 109 Å². The molecule has 0 saturated heterocycles. The summed E-state index contributed by atoms with van der Waals surface area (Å²) in [4.78, 5) is 11.3. The average molecular weight is 257 g/mol. The molecule has 1 saturated carbocycles. The normalized spacial score (nSPS) is 26.7. The second-order valence-electron chi connectivity index (χ2n) is 4.92. The van der Waals surface area contributed by atoms with E-state index in [4.69, 9.17) is 10.8 Å². The van der Waals surface area contributed by atoms with Gasteiger partial charge in [-0.1, -0.05) is 6.42 Å². The van der Waals surface area contributed by atoms with Gasteiger partial charge in [0.2, 0.25) is 5.91 Å². The van der Waals surface area contributed by atoms with Crippen molar-refractivity contribution in [3.63, 3.8) is 0 Å². The summed E-state index contributed by atoms with van der Waals surface area (Å²) in [6, 6.07) is -0.0959. The predicted molar refractivity (Wildman–Crippen MR) is 70.9 cm³/mol. The maximum absolute atomic E-state index is 11.3. The molecule has 4 atom stereocenters. The van der Waals surface area contributed by atoms with Gasteiger partial charge in [0.1, 0.15) is 0 Å². The second kappa shape index (κ2) is 7.73. The van der Waals surface area contributed by atoms with Gasteiger partial charge in [-0.25, -0.2) is 0 Å². The number of aliphatic hydroxyl groups excluding tert-OH is 2. The molecule has 0 heterocycles. The molecule has 18 heavy (non-hydrogen) atoms. The molecule has 0 aromatic carbocycles. The fourth-order valence-electron chi connectivity index (χ4n) is 2.86. The fraction of sp³-hybridized carbons (Fsp3) is 0.909. The highest BCUT2D eigenvalue weighted by molar-refractivity contribution is 6.27. The van der Waals surface area contributed by atoms with Crippen molar-refractivity contribution in [3.05, 3.63) is 0 Å². The lowest BCUT2D eigenvalue weighted by Crippen LogP contribution is -2.53. The third-order valence-electron chi connectivity index (χ3n) is 3.62. The van der Waals surface area contributed by atoms with Crippen LogP contribution < -0.4 is 16.2 Å². The molecular weight excluding hydrogens is 233 g/mol. The number of carbonyl (C=O) groups excluding carboxylic acids is 1. The zero-order valence-electron chi connectivity index (χ0n) is 10.9. The molecule has 1 aliphatic rings. The lowest BCUT2D eigenvalue weighted by atomic mass is 9.87. The Bertz CT molecular complexity index is 268. The predicted octanol–water partition coefficient (Wildman–Crippen LogP) is -1.78. The Kier molecular flexibility index (Phi) is 6.63. The molecule has 1 fully saturated rings. The molecule has 1 amide bonds. The van der Waals surface area contributed by atoms with E-state index in [0.717, 1.165) is 19.3 Å². The van der Waals surface area contributed by atoms with E-state index in [1.165, 1.54) is 6.92 Å². The van der Waals surface area contributed by atoms with Crippen molar-refractivity contribution in [3.8, 4) is 0 Å². The Morgan fingerprint density at radius 2 is 2.28 bits per heavy atom. The first kappa shape index (κ1) is 15.4. The van der Waals surface area contributed by atoms with Gasteiger partial charge in [-0.2, -0.15) is 0 Å². The SMILES string of the molecule is CC(=O)N[C@@H](C1CCC[C@H]1NBN)[C@@H](O)CCO. The van der Waals surface area contributed by atoms with E-state index in [-0.39, 0.29) is 36.9 Å². The maximum atomic E-state index is 11.3. The minimum absolute atomic E-state index is 0.0844. The van der Waals surface area contributed by atoms with Crippen LogP contribution in [0, 0.1) is 5.92 Å². The number of hydrogen-bond acceptors (Lipinski definition) is 5. The van der Waals surface area contributed by atoms with Gasteiger partial charge in [0, 0.05) is 19.6 Å². The smallest absolute Gasteiger partial charge is 0.283 e. The molecule has 0 aliphatic heterocycles. The Morgan fingerprint density at radius 1 is 1.56 bits per heavy atom. The molecular formula is C11H24BN3O3. The highest BCUT2D eigenvalue weighted by atomic mass is 16.3. The molecule has 1 rings (SSSR count). The summed E-state index contributed by atoms with van der Waals surface area (Å²) in [7, 11) is 0.393. The second-order valence-corrected chi connectivity index (χ2v) is 4.92. The van der Waals surface area contributed by atoms with Crippen LogP contribution in [0.5, 0.6) is 0 Å². The van der Waals surface area contributed by atoms with Crippen LogP contribution in [0.2, 0.25) is 0 Å². The topological polar surface area (TPSA) is 108 Å². The Balaban J connectivity index is 2.70. The molecule has 0 aromatic heterocycles. The van der Waals surface area contributed by atoms with Gasteiger partial charge < -0.3 is 26.4 Å². The highest BCUT2D eigenvalue weighted by Gasteiger charge is 2.37. The summed E-state index contributed by atoms with van der Waals surface area (Å²) in [6.45, 7) is 1.36. The summed E-state index contributed by atoms with van der Waals surface area (Å²) in [5.74, 6) is 0.00869. The van der Waals surface area contributed by atoms with Gasteiger partial charge >= 0.3 is 0 Å². The maximum Gasteiger partial charge on any atom is 0.283 e. The van der Waals surface area contributed by atoms with E-state index >= 15 is 0 Å². The van der Waals surface area contributed by atoms with Crippen LogP contribution in [0.15, 0.2) is 0 Å². The molecule has 0 radical (unpaired) electrons. The van der Waals surface area contributed by atoms with Crippen molar-refractivity contribution in [1.29, 1.82) is 0 Å². The van der Waals surface area contributed by atoms with Gasteiger partial charge in [0.05, 0.1) is 12.1 Å². The quantitative estimate of drug-likeness (QED) is 0.346. The average Bonchev–Trinajstić information content (AvgIpc) is 2.74. The summed E-state index contributed by atoms with van der Waals surface area (Å²) in [5.41, 5.74) is 5.51. The van der Waals surface area contributed by atoms with E-state index in [2.05, 4.69) is 10.5 Å². The molecule has 1 aliphatic carbocycles. The molecule has 6 nitrogen and oxygen atoms in total. The van der Waals surface area contributed by atoms with E-state index in [1.807, 2.05) is 0 Å². The van der Waals surface area contributed by atoms with Crippen LogP contribution in [0.3, 0.4) is 0 Å². The van der Waals surface area contributed by atoms with E-state index in [9.17, 15) is 9.90 Å². The third kappa shape index (κ3) is 4.24. The summed E-state index contributed by atoms with van der Waals surface area (Å²) >= 11 is 0. The largest absolute Gasteiger partial charge is 0.396 e. The molecule has 104 valence electrons. The number of nitrogens with two attached hydrogens (primary N) is 1. The Hall–Kier alpha value is -0.625. The van der Waals surface area contributed by atoms with Crippen molar-refractivity contribution >= 4 is 13.5 Å². The molecule has 1 unspecified atom stereocenters. The Morgan fingerprint density at radius 3 is 2.83 bits per heavy atom. The van der Waals surface area contributed by atoms with Crippen LogP contribution in [-0.4, -0.2) is 48.5 Å². The van der Waals surface area contributed by atoms with Gasteiger partial charge in [-0.3, -0.25) is 4.79 Å². The monoisotopic (exact) mass is 257 g/mol. The van der Waals surface area contributed by atoms with E-state index < -0.39 is 6.10 Å². The van der Waals surface area contributed by atoms with E-state index in [0.29, 0.717) is 7.55 Å². The first-order valence-electron chi connectivity index (χ1n) is 6.59. The number of amides is 1. The number of nitrogens with one attached hydrogen (secondary N) is 2. The van der Waals surface area contributed by atoms with Crippen molar-refractivity contribution in [1.82, 2.24) is 10.5 Å². The minimum atomic E-state index is -0.718. The summed E-state index contributed by atoms with van der Waals surface area (Å²) in [5, 5.41) is 25.0. The van der Waals surface area contributed by atoms with Crippen LogP contribution >= 0.6 is 0 Å².